The van der Waals surface area contributed by atoms with Gasteiger partial charge in [0.1, 0.15) is 68.1 Å². The molecule has 10 nitrogen and oxygen atoms in total. The molecule has 0 spiro atoms. The quantitative estimate of drug-likeness (QED) is 0.190. The normalized spacial score (nSPS) is 16.5. The standard InChI is InChI=1S/C53H86N4O6/c1-48(2,3)58-42-22-19-23-43(59-49(4,5)6)39(42)36-55-30-28-54-29-31-56(37-40-44(60-50(7,8)9)24-20-25-45(40)61-51(10,11)12)33-35-57(34-32-55)38-41-46(62-52(13,14)15)26-21-27-47(41)63-53(16,17)18/h19-27,54H,28-38H2,1-18H3. The fraction of sp³-hybridized carbons (Fsp3) is 0.660. The molecule has 4 rings (SSSR count). The molecule has 1 heterocycles. The molecule has 1 aliphatic heterocycles. The Morgan fingerprint density at radius 3 is 0.714 bits per heavy atom. The van der Waals surface area contributed by atoms with Crippen molar-refractivity contribution in [3.63, 3.8) is 0 Å². The largest absolute Gasteiger partial charge is 0.488 e. The number of rotatable bonds is 12. The molecule has 354 valence electrons. The molecule has 0 aliphatic carbocycles. The molecule has 10 heteroatoms. The molecule has 0 bridgehead atoms. The Labute approximate surface area is 383 Å². The van der Waals surface area contributed by atoms with Crippen molar-refractivity contribution < 1.29 is 28.4 Å². The van der Waals surface area contributed by atoms with E-state index in [-0.39, 0.29) is 33.6 Å². The third-order valence-electron chi connectivity index (χ3n) is 9.59. The molecule has 1 aliphatic rings. The van der Waals surface area contributed by atoms with Crippen molar-refractivity contribution >= 4 is 0 Å². The Bertz CT molecular complexity index is 1690. The molecular weight excluding hydrogens is 789 g/mol. The van der Waals surface area contributed by atoms with Gasteiger partial charge in [0.2, 0.25) is 0 Å². The highest BCUT2D eigenvalue weighted by molar-refractivity contribution is 5.47. The molecule has 0 unspecified atom stereocenters. The van der Waals surface area contributed by atoms with Gasteiger partial charge in [-0.2, -0.15) is 0 Å². The Morgan fingerprint density at radius 2 is 0.524 bits per heavy atom. The predicted octanol–water partition coefficient (Wildman–Crippen LogP) is 11.2. The monoisotopic (exact) mass is 875 g/mol. The first-order valence-electron chi connectivity index (χ1n) is 23.3. The van der Waals surface area contributed by atoms with Crippen LogP contribution in [0.4, 0.5) is 0 Å². The van der Waals surface area contributed by atoms with Crippen LogP contribution >= 0.6 is 0 Å². The molecule has 63 heavy (non-hydrogen) atoms. The summed E-state index contributed by atoms with van der Waals surface area (Å²) in [6.07, 6.45) is 0. The number of hydrogen-bond donors (Lipinski definition) is 1. The van der Waals surface area contributed by atoms with Crippen molar-refractivity contribution in [2.24, 2.45) is 0 Å². The smallest absolute Gasteiger partial charge is 0.128 e. The van der Waals surface area contributed by atoms with Gasteiger partial charge in [0.05, 0.1) is 16.7 Å². The summed E-state index contributed by atoms with van der Waals surface area (Å²) >= 11 is 0. The Kier molecular flexibility index (Phi) is 17.4. The molecule has 0 aromatic heterocycles. The van der Waals surface area contributed by atoms with Gasteiger partial charge in [0.25, 0.3) is 0 Å². The topological polar surface area (TPSA) is 77.1 Å². The second-order valence-corrected chi connectivity index (χ2v) is 23.1. The van der Waals surface area contributed by atoms with E-state index in [0.29, 0.717) is 19.6 Å². The van der Waals surface area contributed by atoms with Crippen LogP contribution in [0.25, 0.3) is 0 Å². The van der Waals surface area contributed by atoms with Gasteiger partial charge in [0, 0.05) is 72.0 Å². The summed E-state index contributed by atoms with van der Waals surface area (Å²) in [5.74, 6) is 5.14. The van der Waals surface area contributed by atoms with Crippen LogP contribution in [0.3, 0.4) is 0 Å². The van der Waals surface area contributed by atoms with E-state index in [4.69, 9.17) is 28.4 Å². The predicted molar refractivity (Wildman–Crippen MR) is 260 cm³/mol. The highest BCUT2D eigenvalue weighted by atomic mass is 16.5. The zero-order chi connectivity index (χ0) is 47.0. The van der Waals surface area contributed by atoms with Gasteiger partial charge in [-0.1, -0.05) is 18.2 Å². The van der Waals surface area contributed by atoms with Crippen molar-refractivity contribution in [3.05, 3.63) is 71.3 Å². The fourth-order valence-corrected chi connectivity index (χ4v) is 7.30. The third kappa shape index (κ3) is 19.1. The summed E-state index contributed by atoms with van der Waals surface area (Å²) in [6, 6.07) is 18.6. The Hall–Kier alpha value is -3.70. The van der Waals surface area contributed by atoms with Crippen LogP contribution in [0, 0.1) is 0 Å². The van der Waals surface area contributed by atoms with Gasteiger partial charge in [-0.15, -0.1) is 0 Å². The highest BCUT2D eigenvalue weighted by Gasteiger charge is 2.28. The van der Waals surface area contributed by atoms with Crippen LogP contribution in [0.2, 0.25) is 0 Å². The van der Waals surface area contributed by atoms with Crippen LogP contribution in [-0.4, -0.2) is 101 Å². The van der Waals surface area contributed by atoms with Gasteiger partial charge in [-0.05, 0) is 161 Å². The minimum Gasteiger partial charge on any atom is -0.488 e. The van der Waals surface area contributed by atoms with E-state index in [1.807, 2.05) is 18.2 Å². The molecule has 1 saturated heterocycles. The van der Waals surface area contributed by atoms with E-state index in [0.717, 1.165) is 104 Å². The fourth-order valence-electron chi connectivity index (χ4n) is 7.30. The Morgan fingerprint density at radius 1 is 0.333 bits per heavy atom. The van der Waals surface area contributed by atoms with Crippen molar-refractivity contribution in [1.29, 1.82) is 0 Å². The lowest BCUT2D eigenvalue weighted by Gasteiger charge is -2.35. The van der Waals surface area contributed by atoms with E-state index in [1.54, 1.807) is 0 Å². The van der Waals surface area contributed by atoms with Crippen molar-refractivity contribution in [2.45, 2.75) is 178 Å². The van der Waals surface area contributed by atoms with Gasteiger partial charge in [0.15, 0.2) is 0 Å². The number of benzene rings is 3. The maximum Gasteiger partial charge on any atom is 0.128 e. The molecule has 1 N–H and O–H groups in total. The average Bonchev–Trinajstić information content (AvgIpc) is 3.07. The summed E-state index contributed by atoms with van der Waals surface area (Å²) in [4.78, 5) is 7.66. The molecule has 0 amide bonds. The Balaban J connectivity index is 1.77. The van der Waals surface area contributed by atoms with Gasteiger partial charge in [-0.3, -0.25) is 14.7 Å². The molecular formula is C53H86N4O6. The molecule has 1 fully saturated rings. The summed E-state index contributed by atoms with van der Waals surface area (Å²) in [7, 11) is 0. The van der Waals surface area contributed by atoms with Gasteiger partial charge < -0.3 is 33.7 Å². The molecule has 0 radical (unpaired) electrons. The zero-order valence-electron chi connectivity index (χ0n) is 42.8. The first kappa shape index (κ1) is 51.9. The van der Waals surface area contributed by atoms with Crippen LogP contribution < -0.4 is 33.7 Å². The van der Waals surface area contributed by atoms with Crippen molar-refractivity contribution in [2.75, 3.05) is 52.4 Å². The lowest BCUT2D eigenvalue weighted by Crippen LogP contribution is -2.44. The summed E-state index contributed by atoms with van der Waals surface area (Å²) < 4.78 is 39.9. The number of ether oxygens (including phenoxy) is 6. The molecule has 0 saturated carbocycles. The molecule has 0 atom stereocenters. The summed E-state index contributed by atoms with van der Waals surface area (Å²) in [6.45, 7) is 46.5. The minimum atomic E-state index is -0.387. The zero-order valence-corrected chi connectivity index (χ0v) is 42.8. The average molecular weight is 875 g/mol. The van der Waals surface area contributed by atoms with E-state index in [1.165, 1.54) is 0 Å². The lowest BCUT2D eigenvalue weighted by atomic mass is 10.1. The number of nitrogens with zero attached hydrogens (tertiary/aromatic N) is 3. The van der Waals surface area contributed by atoms with E-state index in [9.17, 15) is 0 Å². The molecule has 3 aromatic carbocycles. The second kappa shape index (κ2) is 21.1. The van der Waals surface area contributed by atoms with E-state index >= 15 is 0 Å². The summed E-state index contributed by atoms with van der Waals surface area (Å²) in [5, 5.41) is 3.80. The third-order valence-corrected chi connectivity index (χ3v) is 9.59. The number of nitrogens with one attached hydrogen (secondary N) is 1. The first-order valence-corrected chi connectivity index (χ1v) is 23.3. The molecule has 3 aromatic rings. The van der Waals surface area contributed by atoms with Gasteiger partial charge in [-0.25, -0.2) is 0 Å². The van der Waals surface area contributed by atoms with Crippen LogP contribution in [-0.2, 0) is 19.6 Å². The second-order valence-electron chi connectivity index (χ2n) is 23.1. The summed E-state index contributed by atoms with van der Waals surface area (Å²) in [5.41, 5.74) is 0.965. The van der Waals surface area contributed by atoms with Crippen LogP contribution in [0.1, 0.15) is 141 Å². The van der Waals surface area contributed by atoms with E-state index < -0.39 is 0 Å². The SMILES string of the molecule is CC(C)(C)Oc1cccc(OC(C)(C)C)c1CN1CCNCCN(Cc2c(OC(C)(C)C)cccc2OC(C)(C)C)CCN(Cc2c(OC(C)(C)C)cccc2OC(C)(C)C)CC1. The maximum absolute atomic E-state index is 6.69. The lowest BCUT2D eigenvalue weighted by molar-refractivity contribution is 0.105. The van der Waals surface area contributed by atoms with Crippen LogP contribution in [0.5, 0.6) is 34.5 Å². The highest BCUT2D eigenvalue weighted by Crippen LogP contribution is 2.37. The van der Waals surface area contributed by atoms with Crippen molar-refractivity contribution in [3.8, 4) is 34.5 Å². The minimum absolute atomic E-state index is 0.366. The van der Waals surface area contributed by atoms with Crippen molar-refractivity contribution in [1.82, 2.24) is 20.0 Å². The maximum atomic E-state index is 6.69. The van der Waals surface area contributed by atoms with Crippen LogP contribution in [0.15, 0.2) is 54.6 Å². The first-order chi connectivity index (χ1) is 28.9. The van der Waals surface area contributed by atoms with Gasteiger partial charge >= 0.3 is 0 Å². The number of hydrogen-bond acceptors (Lipinski definition) is 10. The van der Waals surface area contributed by atoms with E-state index in [2.05, 4.69) is 181 Å².